The lowest BCUT2D eigenvalue weighted by Crippen LogP contribution is -2.13. The van der Waals surface area contributed by atoms with Crippen molar-refractivity contribution in [1.82, 2.24) is 4.98 Å². The van der Waals surface area contributed by atoms with Crippen LogP contribution in [0, 0.1) is 11.6 Å². The van der Waals surface area contributed by atoms with E-state index in [1.54, 1.807) is 0 Å². The molecule has 0 amide bonds. The van der Waals surface area contributed by atoms with Crippen LogP contribution in [0.5, 0.6) is 11.6 Å². The van der Waals surface area contributed by atoms with Crippen LogP contribution in [0.25, 0.3) is 0 Å². The molecule has 0 aliphatic heterocycles. The van der Waals surface area contributed by atoms with Crippen LogP contribution in [0.3, 0.4) is 0 Å². The smallest absolute Gasteiger partial charge is 0.229 e. The quantitative estimate of drug-likeness (QED) is 0.884. The highest BCUT2D eigenvalue weighted by Crippen LogP contribution is 2.30. The first-order valence-electron chi connectivity index (χ1n) is 6.50. The molecule has 1 aliphatic carbocycles. The van der Waals surface area contributed by atoms with E-state index < -0.39 is 11.6 Å². The summed E-state index contributed by atoms with van der Waals surface area (Å²) < 4.78 is 31.7. The van der Waals surface area contributed by atoms with Crippen molar-refractivity contribution in [2.45, 2.75) is 19.3 Å². The molecule has 1 aromatic carbocycles. The highest BCUT2D eigenvalue weighted by molar-refractivity contribution is 7.80. The average molecular weight is 306 g/mol. The molecule has 0 saturated heterocycles. The summed E-state index contributed by atoms with van der Waals surface area (Å²) in [5, 5.41) is 0. The van der Waals surface area contributed by atoms with E-state index in [2.05, 4.69) is 4.98 Å². The SMILES string of the molecule is NC(=S)c1cc2c(nc1Oc1ccc(F)c(F)c1)CCC2. The van der Waals surface area contributed by atoms with Gasteiger partial charge in [-0.25, -0.2) is 13.8 Å². The van der Waals surface area contributed by atoms with Crippen molar-refractivity contribution in [3.63, 3.8) is 0 Å². The molecule has 0 spiro atoms. The van der Waals surface area contributed by atoms with E-state index in [1.165, 1.54) is 6.07 Å². The minimum atomic E-state index is -0.981. The molecule has 21 heavy (non-hydrogen) atoms. The van der Waals surface area contributed by atoms with Crippen molar-refractivity contribution in [1.29, 1.82) is 0 Å². The van der Waals surface area contributed by atoms with Crippen LogP contribution in [-0.4, -0.2) is 9.97 Å². The van der Waals surface area contributed by atoms with Crippen LogP contribution in [0.1, 0.15) is 23.2 Å². The van der Waals surface area contributed by atoms with Crippen LogP contribution in [0.2, 0.25) is 0 Å². The molecule has 6 heteroatoms. The number of rotatable bonds is 3. The number of hydrogen-bond donors (Lipinski definition) is 1. The normalized spacial score (nSPS) is 13.0. The van der Waals surface area contributed by atoms with Crippen molar-refractivity contribution < 1.29 is 13.5 Å². The van der Waals surface area contributed by atoms with Gasteiger partial charge >= 0.3 is 0 Å². The van der Waals surface area contributed by atoms with E-state index in [9.17, 15) is 8.78 Å². The Kier molecular flexibility index (Phi) is 3.55. The van der Waals surface area contributed by atoms with Gasteiger partial charge in [-0.05, 0) is 43.0 Å². The Balaban J connectivity index is 2.01. The molecular weight excluding hydrogens is 294 g/mol. The lowest BCUT2D eigenvalue weighted by molar-refractivity contribution is 0.445. The summed E-state index contributed by atoms with van der Waals surface area (Å²) in [5.74, 6) is -1.53. The zero-order valence-corrected chi connectivity index (χ0v) is 11.8. The van der Waals surface area contributed by atoms with Gasteiger partial charge in [0.15, 0.2) is 11.6 Å². The van der Waals surface area contributed by atoms with Crippen molar-refractivity contribution >= 4 is 17.2 Å². The fraction of sp³-hybridized carbons (Fsp3) is 0.200. The Morgan fingerprint density at radius 3 is 2.71 bits per heavy atom. The fourth-order valence-electron chi connectivity index (χ4n) is 2.36. The highest BCUT2D eigenvalue weighted by Gasteiger charge is 2.19. The number of aryl methyl sites for hydroxylation is 2. The van der Waals surface area contributed by atoms with E-state index in [4.69, 9.17) is 22.7 Å². The number of aromatic nitrogens is 1. The van der Waals surface area contributed by atoms with Crippen LogP contribution in [0.15, 0.2) is 24.3 Å². The molecule has 108 valence electrons. The maximum atomic E-state index is 13.2. The molecule has 2 aromatic rings. The molecule has 1 aliphatic rings. The molecule has 1 aromatic heterocycles. The van der Waals surface area contributed by atoms with Crippen LogP contribution < -0.4 is 10.5 Å². The van der Waals surface area contributed by atoms with Gasteiger partial charge in [-0.2, -0.15) is 0 Å². The maximum Gasteiger partial charge on any atom is 0.229 e. The second-order valence-electron chi connectivity index (χ2n) is 4.84. The highest BCUT2D eigenvalue weighted by atomic mass is 32.1. The molecule has 0 radical (unpaired) electrons. The molecule has 0 atom stereocenters. The molecule has 3 nitrogen and oxygen atoms in total. The summed E-state index contributed by atoms with van der Waals surface area (Å²) in [6.07, 6.45) is 2.82. The molecule has 3 rings (SSSR count). The Labute approximate surface area is 125 Å². The van der Waals surface area contributed by atoms with Gasteiger partial charge in [-0.15, -0.1) is 0 Å². The van der Waals surface area contributed by atoms with Crippen LogP contribution >= 0.6 is 12.2 Å². The third kappa shape index (κ3) is 2.71. The number of ether oxygens (including phenoxy) is 1. The van der Waals surface area contributed by atoms with Crippen molar-refractivity contribution in [2.75, 3.05) is 0 Å². The van der Waals surface area contributed by atoms with Gasteiger partial charge in [0.05, 0.1) is 5.56 Å². The van der Waals surface area contributed by atoms with Crippen molar-refractivity contribution in [3.8, 4) is 11.6 Å². The molecule has 0 bridgehead atoms. The van der Waals surface area contributed by atoms with Gasteiger partial charge in [-0.1, -0.05) is 12.2 Å². The number of halogens is 2. The largest absolute Gasteiger partial charge is 0.438 e. The van der Waals surface area contributed by atoms with E-state index in [-0.39, 0.29) is 16.6 Å². The monoisotopic (exact) mass is 306 g/mol. The number of nitrogens with two attached hydrogens (primary N) is 1. The van der Waals surface area contributed by atoms with Gasteiger partial charge in [-0.3, -0.25) is 0 Å². The Morgan fingerprint density at radius 2 is 2.00 bits per heavy atom. The fourth-order valence-corrected chi connectivity index (χ4v) is 2.51. The summed E-state index contributed by atoms with van der Waals surface area (Å²) in [6.45, 7) is 0. The number of fused-ring (bicyclic) bond motifs is 1. The van der Waals surface area contributed by atoms with E-state index in [0.717, 1.165) is 42.7 Å². The lowest BCUT2D eigenvalue weighted by Gasteiger charge is -2.11. The number of benzene rings is 1. The van der Waals surface area contributed by atoms with E-state index >= 15 is 0 Å². The molecule has 0 unspecified atom stereocenters. The Hall–Kier alpha value is -2.08. The molecule has 1 heterocycles. The van der Waals surface area contributed by atoms with Crippen molar-refractivity contribution in [3.05, 3.63) is 52.7 Å². The summed E-state index contributed by atoms with van der Waals surface area (Å²) in [5.41, 5.74) is 8.25. The Bertz CT molecular complexity index is 734. The van der Waals surface area contributed by atoms with E-state index in [0.29, 0.717) is 5.56 Å². The standard InChI is InChI=1S/C15H12F2N2OS/c16-11-5-4-9(7-12(11)17)20-15-10(14(18)21)6-8-2-1-3-13(8)19-15/h4-7H,1-3H2,(H2,18,21). The number of nitrogens with zero attached hydrogens (tertiary/aromatic N) is 1. The van der Waals surface area contributed by atoms with Gasteiger partial charge < -0.3 is 10.5 Å². The second-order valence-corrected chi connectivity index (χ2v) is 5.28. The maximum absolute atomic E-state index is 13.2. The first-order valence-corrected chi connectivity index (χ1v) is 6.91. The predicted octanol–water partition coefficient (Wildman–Crippen LogP) is 3.28. The second kappa shape index (κ2) is 5.37. The minimum Gasteiger partial charge on any atom is -0.438 e. The van der Waals surface area contributed by atoms with Gasteiger partial charge in [0.25, 0.3) is 0 Å². The summed E-state index contributed by atoms with van der Waals surface area (Å²) >= 11 is 5.01. The van der Waals surface area contributed by atoms with Crippen LogP contribution in [0.4, 0.5) is 8.78 Å². The summed E-state index contributed by atoms with van der Waals surface area (Å²) in [7, 11) is 0. The van der Waals surface area contributed by atoms with E-state index in [1.807, 2.05) is 6.07 Å². The summed E-state index contributed by atoms with van der Waals surface area (Å²) in [6, 6.07) is 5.16. The van der Waals surface area contributed by atoms with Crippen LogP contribution in [-0.2, 0) is 12.8 Å². The van der Waals surface area contributed by atoms with Crippen molar-refractivity contribution in [2.24, 2.45) is 5.73 Å². The number of hydrogen-bond acceptors (Lipinski definition) is 3. The zero-order valence-electron chi connectivity index (χ0n) is 11.0. The third-order valence-electron chi connectivity index (χ3n) is 3.39. The average Bonchev–Trinajstić information content (AvgIpc) is 2.89. The Morgan fingerprint density at radius 1 is 1.19 bits per heavy atom. The zero-order chi connectivity index (χ0) is 15.0. The lowest BCUT2D eigenvalue weighted by atomic mass is 10.1. The molecular formula is C15H12F2N2OS. The third-order valence-corrected chi connectivity index (χ3v) is 3.61. The first-order chi connectivity index (χ1) is 10.0. The van der Waals surface area contributed by atoms with Gasteiger partial charge in [0.2, 0.25) is 5.88 Å². The minimum absolute atomic E-state index is 0.150. The van der Waals surface area contributed by atoms with Gasteiger partial charge in [0, 0.05) is 11.8 Å². The topological polar surface area (TPSA) is 48.1 Å². The molecule has 0 fully saturated rings. The number of pyridine rings is 1. The first kappa shape index (κ1) is 13.9. The number of thiocarbonyl (C=S) groups is 1. The summed E-state index contributed by atoms with van der Waals surface area (Å²) in [4.78, 5) is 4.58. The molecule has 2 N–H and O–H groups in total. The van der Waals surface area contributed by atoms with Gasteiger partial charge in [0.1, 0.15) is 10.7 Å². The molecule has 0 saturated carbocycles. The predicted molar refractivity (Wildman–Crippen MR) is 78.6 cm³/mol.